The van der Waals surface area contributed by atoms with Crippen molar-refractivity contribution in [1.29, 1.82) is 0 Å². The van der Waals surface area contributed by atoms with Crippen LogP contribution < -0.4 is 4.74 Å². The monoisotopic (exact) mass is 389 g/mol. The fourth-order valence-corrected chi connectivity index (χ4v) is 5.81. The smallest absolute Gasteiger partial charge is 0.270 e. The van der Waals surface area contributed by atoms with Gasteiger partial charge in [-0.2, -0.15) is 4.31 Å². The van der Waals surface area contributed by atoms with Crippen LogP contribution in [0.1, 0.15) is 30.3 Å². The van der Waals surface area contributed by atoms with Gasteiger partial charge in [-0.15, -0.1) is 0 Å². The lowest BCUT2D eigenvalue weighted by atomic mass is 10.1. The molecule has 0 aliphatic carbocycles. The minimum absolute atomic E-state index is 0.0669. The number of H-pyrrole nitrogens is 1. The molecule has 1 saturated heterocycles. The predicted octanol–water partition coefficient (Wildman–Crippen LogP) is 2.09. The van der Waals surface area contributed by atoms with Gasteiger partial charge in [0.1, 0.15) is 22.4 Å². The Labute approximate surface area is 159 Å². The zero-order valence-electron chi connectivity index (χ0n) is 15.2. The second-order valence-electron chi connectivity index (χ2n) is 6.83. The second-order valence-corrected chi connectivity index (χ2v) is 8.69. The van der Waals surface area contributed by atoms with Crippen LogP contribution in [0.2, 0.25) is 0 Å². The van der Waals surface area contributed by atoms with Crippen LogP contribution in [0.25, 0.3) is 0 Å². The number of nitrogens with zero attached hydrogens (tertiary/aromatic N) is 2. The van der Waals surface area contributed by atoms with Gasteiger partial charge in [0.2, 0.25) is 10.0 Å². The zero-order chi connectivity index (χ0) is 19.0. The first-order chi connectivity index (χ1) is 13.0. The summed E-state index contributed by atoms with van der Waals surface area (Å²) in [6.45, 7) is 3.23. The highest BCUT2D eigenvalue weighted by Gasteiger charge is 2.43. The lowest BCUT2D eigenvalue weighted by Gasteiger charge is -2.30. The van der Waals surface area contributed by atoms with E-state index in [1.807, 2.05) is 6.92 Å². The predicted molar refractivity (Wildman–Crippen MR) is 100 cm³/mol. The third-order valence-corrected chi connectivity index (χ3v) is 7.36. The average Bonchev–Trinajstić information content (AvgIpc) is 3.09. The third kappa shape index (κ3) is 3.12. The first-order valence-electron chi connectivity index (χ1n) is 9.22. The number of aromatic amines is 1. The van der Waals surface area contributed by atoms with E-state index in [9.17, 15) is 13.2 Å². The largest absolute Gasteiger partial charge is 0.487 e. The van der Waals surface area contributed by atoms with Gasteiger partial charge in [-0.25, -0.2) is 8.42 Å². The molecule has 1 N–H and O–H groups in total. The second kappa shape index (κ2) is 7.01. The Morgan fingerprint density at radius 3 is 2.70 bits per heavy atom. The molecule has 144 valence electrons. The minimum Gasteiger partial charge on any atom is -0.487 e. The number of rotatable bonds is 2. The number of hydrogen-bond acceptors (Lipinski definition) is 4. The number of fused-ring (bicyclic) bond motifs is 2. The number of amides is 1. The van der Waals surface area contributed by atoms with Gasteiger partial charge in [-0.05, 0) is 30.7 Å². The molecule has 1 amide bonds. The van der Waals surface area contributed by atoms with Crippen molar-refractivity contribution >= 4 is 15.9 Å². The molecule has 4 rings (SSSR count). The van der Waals surface area contributed by atoms with Crippen molar-refractivity contribution in [3.63, 3.8) is 0 Å². The Morgan fingerprint density at radius 2 is 1.96 bits per heavy atom. The summed E-state index contributed by atoms with van der Waals surface area (Å²) >= 11 is 0. The number of carbonyl (C=O) groups is 1. The number of likely N-dealkylation sites (N-methyl/N-ethyl adjacent to an activating group) is 1. The molecular formula is C19H23N3O4S. The number of ether oxygens (including phenoxy) is 1. The lowest BCUT2D eigenvalue weighted by Crippen LogP contribution is -2.47. The van der Waals surface area contributed by atoms with E-state index >= 15 is 0 Å². The quantitative estimate of drug-likeness (QED) is 0.853. The van der Waals surface area contributed by atoms with Crippen molar-refractivity contribution in [2.24, 2.45) is 0 Å². The number of sulfonamides is 1. The summed E-state index contributed by atoms with van der Waals surface area (Å²) in [5.41, 5.74) is 0.545. The number of nitrogens with one attached hydrogen (secondary N) is 1. The summed E-state index contributed by atoms with van der Waals surface area (Å²) < 4.78 is 34.1. The van der Waals surface area contributed by atoms with Crippen molar-refractivity contribution in [1.82, 2.24) is 14.2 Å². The number of para-hydroxylation sites is 1. The highest BCUT2D eigenvalue weighted by molar-refractivity contribution is 7.89. The van der Waals surface area contributed by atoms with E-state index in [1.54, 1.807) is 47.5 Å². The van der Waals surface area contributed by atoms with Gasteiger partial charge in [0.15, 0.2) is 0 Å². The molecule has 0 radical (unpaired) electrons. The van der Waals surface area contributed by atoms with Crippen LogP contribution in [0, 0.1) is 0 Å². The molecule has 2 aliphatic heterocycles. The fourth-order valence-electron chi connectivity index (χ4n) is 4.00. The van der Waals surface area contributed by atoms with Crippen molar-refractivity contribution in [3.8, 4) is 5.75 Å². The topological polar surface area (TPSA) is 82.7 Å². The molecular weight excluding hydrogens is 366 g/mol. The Kier molecular flexibility index (Phi) is 4.69. The zero-order valence-corrected chi connectivity index (χ0v) is 16.0. The maximum Gasteiger partial charge on any atom is 0.270 e. The maximum absolute atomic E-state index is 13.2. The van der Waals surface area contributed by atoms with Gasteiger partial charge in [-0.1, -0.05) is 19.1 Å². The van der Waals surface area contributed by atoms with E-state index in [2.05, 4.69) is 4.98 Å². The van der Waals surface area contributed by atoms with Crippen LogP contribution in [0.5, 0.6) is 5.75 Å². The van der Waals surface area contributed by atoms with Gasteiger partial charge in [0, 0.05) is 32.3 Å². The van der Waals surface area contributed by atoms with Crippen molar-refractivity contribution in [3.05, 3.63) is 48.3 Å². The Morgan fingerprint density at radius 1 is 1.19 bits per heavy atom. The van der Waals surface area contributed by atoms with Crippen LogP contribution in [0.3, 0.4) is 0 Å². The van der Waals surface area contributed by atoms with Gasteiger partial charge in [-0.3, -0.25) is 4.79 Å². The van der Waals surface area contributed by atoms with E-state index < -0.39 is 10.0 Å². The molecule has 1 aromatic heterocycles. The van der Waals surface area contributed by atoms with E-state index in [-0.39, 0.29) is 22.9 Å². The van der Waals surface area contributed by atoms with Crippen molar-refractivity contribution in [2.45, 2.75) is 36.8 Å². The molecule has 8 heteroatoms. The van der Waals surface area contributed by atoms with E-state index in [1.165, 1.54) is 4.31 Å². The third-order valence-electron chi connectivity index (χ3n) is 5.32. The SMILES string of the molecule is CCN1[C@@H]2CCN(C(=O)c3ccc[nH]3)CC[C@@H]2Oc2ccccc2S1(=O)=O. The van der Waals surface area contributed by atoms with Gasteiger partial charge >= 0.3 is 0 Å². The van der Waals surface area contributed by atoms with Crippen LogP contribution in [-0.2, 0) is 10.0 Å². The molecule has 0 bridgehead atoms. The molecule has 2 aromatic rings. The number of hydrogen-bond donors (Lipinski definition) is 1. The Balaban J connectivity index is 1.65. The fraction of sp³-hybridized carbons (Fsp3) is 0.421. The van der Waals surface area contributed by atoms with Crippen LogP contribution in [0.15, 0.2) is 47.5 Å². The molecule has 0 saturated carbocycles. The first kappa shape index (κ1) is 18.1. The minimum atomic E-state index is -3.64. The van der Waals surface area contributed by atoms with Gasteiger partial charge < -0.3 is 14.6 Å². The molecule has 27 heavy (non-hydrogen) atoms. The summed E-state index contributed by atoms with van der Waals surface area (Å²) in [5.74, 6) is 0.329. The maximum atomic E-state index is 13.2. The number of benzene rings is 1. The average molecular weight is 389 g/mol. The molecule has 1 fully saturated rings. The molecule has 7 nitrogen and oxygen atoms in total. The molecule has 0 unspecified atom stereocenters. The van der Waals surface area contributed by atoms with E-state index in [4.69, 9.17) is 4.74 Å². The van der Waals surface area contributed by atoms with Crippen LogP contribution >= 0.6 is 0 Å². The Hall–Kier alpha value is -2.32. The number of likely N-dealkylation sites (tertiary alicyclic amines) is 1. The normalized spacial score (nSPS) is 24.9. The highest BCUT2D eigenvalue weighted by atomic mass is 32.2. The summed E-state index contributed by atoms with van der Waals surface area (Å²) in [6, 6.07) is 10.0. The summed E-state index contributed by atoms with van der Waals surface area (Å²) in [4.78, 5) is 17.6. The van der Waals surface area contributed by atoms with Gasteiger partial charge in [0.25, 0.3) is 5.91 Å². The van der Waals surface area contributed by atoms with E-state index in [0.717, 1.165) is 0 Å². The summed E-state index contributed by atoms with van der Waals surface area (Å²) in [7, 11) is -3.64. The van der Waals surface area contributed by atoms with Crippen molar-refractivity contribution < 1.29 is 17.9 Å². The van der Waals surface area contributed by atoms with Crippen molar-refractivity contribution in [2.75, 3.05) is 19.6 Å². The summed E-state index contributed by atoms with van der Waals surface area (Å²) in [6.07, 6.45) is 2.56. The Bertz CT molecular complexity index is 926. The van der Waals surface area contributed by atoms with E-state index in [0.29, 0.717) is 43.9 Å². The highest BCUT2D eigenvalue weighted by Crippen LogP contribution is 2.36. The molecule has 3 heterocycles. The van der Waals surface area contributed by atoms with Crippen LogP contribution in [0.4, 0.5) is 0 Å². The van der Waals surface area contributed by atoms with Crippen LogP contribution in [-0.4, -0.2) is 60.3 Å². The molecule has 2 aliphatic rings. The van der Waals surface area contributed by atoms with Gasteiger partial charge in [0.05, 0.1) is 6.04 Å². The molecule has 2 atom stereocenters. The molecule has 0 spiro atoms. The first-order valence-corrected chi connectivity index (χ1v) is 10.7. The lowest BCUT2D eigenvalue weighted by molar-refractivity contribution is 0.0750. The summed E-state index contributed by atoms with van der Waals surface area (Å²) in [5, 5.41) is 0. The number of aromatic nitrogens is 1. The number of carbonyl (C=O) groups excluding carboxylic acids is 1. The molecule has 1 aromatic carbocycles. The standard InChI is InChI=1S/C19H23N3O4S/c1-2-22-15-9-12-21(19(23)14-6-5-11-20-14)13-10-16(15)26-17-7-3-4-8-18(17)27(22,24)25/h3-8,11,15-16,20H,2,9-10,12-13H2,1H3/t15-,16+/m1/s1.